The van der Waals surface area contributed by atoms with Crippen LogP contribution in [0, 0.1) is 12.3 Å². The maximum atomic E-state index is 11.2. The average molecular weight is 217 g/mol. The summed E-state index contributed by atoms with van der Waals surface area (Å²) in [5, 5.41) is 0. The number of nitrogens with two attached hydrogens (primary N) is 1. The summed E-state index contributed by atoms with van der Waals surface area (Å²) in [7, 11) is -3.09. The summed E-state index contributed by atoms with van der Waals surface area (Å²) in [6.45, 7) is 1.54. The maximum absolute atomic E-state index is 11.2. The molecule has 0 aliphatic heterocycles. The summed E-state index contributed by atoms with van der Waals surface area (Å²) in [5.41, 5.74) is 5.41. The highest BCUT2D eigenvalue weighted by Gasteiger charge is 2.15. The molecule has 0 bridgehead atoms. The molecule has 5 heteroatoms. The van der Waals surface area contributed by atoms with Crippen LogP contribution in [0.3, 0.4) is 0 Å². The van der Waals surface area contributed by atoms with E-state index >= 15 is 0 Å². The molecule has 0 radical (unpaired) electrons. The Balaban J connectivity index is 4.05. The molecule has 0 heterocycles. The zero-order valence-electron chi connectivity index (χ0n) is 8.19. The van der Waals surface area contributed by atoms with Gasteiger partial charge >= 0.3 is 0 Å². The summed E-state index contributed by atoms with van der Waals surface area (Å²) < 4.78 is 22.1. The zero-order valence-corrected chi connectivity index (χ0v) is 9.01. The van der Waals surface area contributed by atoms with E-state index < -0.39 is 15.9 Å². The van der Waals surface area contributed by atoms with E-state index in [2.05, 4.69) is 5.92 Å². The van der Waals surface area contributed by atoms with Gasteiger partial charge in [0.05, 0.1) is 11.8 Å². The molecule has 80 valence electrons. The van der Waals surface area contributed by atoms with Crippen LogP contribution >= 0.6 is 0 Å². The van der Waals surface area contributed by atoms with E-state index in [0.29, 0.717) is 0 Å². The molecule has 0 spiro atoms. The smallest absolute Gasteiger partial charge is 0.151 e. The standard InChI is InChI=1S/C9H15NO3S/c1-3-5-8(10)9(11)6-7-14(12,13)4-2/h1,8H,4-7,10H2,2H3. The topological polar surface area (TPSA) is 77.2 Å². The van der Waals surface area contributed by atoms with E-state index in [4.69, 9.17) is 12.2 Å². The molecule has 0 saturated carbocycles. The molecule has 2 N–H and O–H groups in total. The van der Waals surface area contributed by atoms with Crippen molar-refractivity contribution in [1.82, 2.24) is 0 Å². The molecule has 14 heavy (non-hydrogen) atoms. The molecule has 0 aliphatic carbocycles. The number of terminal acetylenes is 1. The van der Waals surface area contributed by atoms with Crippen LogP contribution in [0.25, 0.3) is 0 Å². The Labute approximate surface area is 84.8 Å². The van der Waals surface area contributed by atoms with Crippen molar-refractivity contribution >= 4 is 15.6 Å². The molecule has 1 atom stereocenters. The van der Waals surface area contributed by atoms with Gasteiger partial charge in [-0.15, -0.1) is 12.3 Å². The van der Waals surface area contributed by atoms with Crippen molar-refractivity contribution in [2.24, 2.45) is 5.73 Å². The fourth-order valence-electron chi connectivity index (χ4n) is 0.827. The van der Waals surface area contributed by atoms with Crippen LogP contribution < -0.4 is 5.73 Å². The van der Waals surface area contributed by atoms with Crippen molar-refractivity contribution in [3.63, 3.8) is 0 Å². The van der Waals surface area contributed by atoms with Crippen molar-refractivity contribution in [2.75, 3.05) is 11.5 Å². The average Bonchev–Trinajstić information content (AvgIpc) is 2.15. The highest BCUT2D eigenvalue weighted by atomic mass is 32.2. The Kier molecular flexibility index (Phi) is 5.43. The van der Waals surface area contributed by atoms with E-state index in [1.54, 1.807) is 6.92 Å². The van der Waals surface area contributed by atoms with Gasteiger partial charge in [-0.05, 0) is 0 Å². The number of hydrogen-bond acceptors (Lipinski definition) is 4. The Morgan fingerprint density at radius 1 is 1.57 bits per heavy atom. The molecular weight excluding hydrogens is 202 g/mol. The summed E-state index contributed by atoms with van der Waals surface area (Å²) in [4.78, 5) is 11.2. The molecule has 0 aromatic rings. The minimum atomic E-state index is -3.09. The van der Waals surface area contributed by atoms with E-state index in [-0.39, 0.29) is 30.1 Å². The lowest BCUT2D eigenvalue weighted by atomic mass is 10.1. The molecule has 4 nitrogen and oxygen atoms in total. The van der Waals surface area contributed by atoms with Gasteiger partial charge < -0.3 is 5.73 Å². The Bertz CT molecular complexity index is 326. The third kappa shape index (κ3) is 5.00. The van der Waals surface area contributed by atoms with Crippen molar-refractivity contribution in [1.29, 1.82) is 0 Å². The summed E-state index contributed by atoms with van der Waals surface area (Å²) in [6, 6.07) is -0.730. The van der Waals surface area contributed by atoms with Crippen LogP contribution in [0.15, 0.2) is 0 Å². The lowest BCUT2D eigenvalue weighted by Crippen LogP contribution is -2.31. The lowest BCUT2D eigenvalue weighted by Gasteiger charge is -2.06. The van der Waals surface area contributed by atoms with Crippen molar-refractivity contribution in [2.45, 2.75) is 25.8 Å². The van der Waals surface area contributed by atoms with Crippen LogP contribution in [0.2, 0.25) is 0 Å². The zero-order chi connectivity index (χ0) is 11.2. The second kappa shape index (κ2) is 5.78. The first-order valence-electron chi connectivity index (χ1n) is 4.35. The monoisotopic (exact) mass is 217 g/mol. The van der Waals surface area contributed by atoms with Gasteiger partial charge in [-0.25, -0.2) is 8.42 Å². The van der Waals surface area contributed by atoms with Crippen molar-refractivity contribution in [3.05, 3.63) is 0 Å². The molecule has 0 aromatic carbocycles. The van der Waals surface area contributed by atoms with Crippen LogP contribution in [0.1, 0.15) is 19.8 Å². The number of hydrogen-bond donors (Lipinski definition) is 1. The van der Waals surface area contributed by atoms with Gasteiger partial charge in [0.1, 0.15) is 9.84 Å². The fourth-order valence-corrected chi connectivity index (χ4v) is 1.63. The molecule has 0 fully saturated rings. The fraction of sp³-hybridized carbons (Fsp3) is 0.667. The highest BCUT2D eigenvalue weighted by Crippen LogP contribution is 1.98. The minimum Gasteiger partial charge on any atom is -0.321 e. The number of sulfone groups is 1. The van der Waals surface area contributed by atoms with E-state index in [9.17, 15) is 13.2 Å². The van der Waals surface area contributed by atoms with Crippen LogP contribution in [0.4, 0.5) is 0 Å². The first kappa shape index (κ1) is 13.1. The van der Waals surface area contributed by atoms with Gasteiger partial charge in [0.2, 0.25) is 0 Å². The molecule has 0 rings (SSSR count). The van der Waals surface area contributed by atoms with Crippen LogP contribution in [0.5, 0.6) is 0 Å². The first-order valence-corrected chi connectivity index (χ1v) is 6.17. The van der Waals surface area contributed by atoms with Gasteiger partial charge in [-0.3, -0.25) is 4.79 Å². The maximum Gasteiger partial charge on any atom is 0.151 e. The quantitative estimate of drug-likeness (QED) is 0.621. The van der Waals surface area contributed by atoms with Crippen molar-refractivity contribution in [3.8, 4) is 12.3 Å². The Hall–Kier alpha value is -0.860. The number of carbonyl (C=O) groups is 1. The van der Waals surface area contributed by atoms with Gasteiger partial charge in [-0.2, -0.15) is 0 Å². The summed E-state index contributed by atoms with van der Waals surface area (Å²) >= 11 is 0. The molecule has 0 aliphatic rings. The number of Topliss-reactive ketones (excluding diaryl/α,β-unsaturated/α-hetero) is 1. The summed E-state index contributed by atoms with van der Waals surface area (Å²) in [6.07, 6.45) is 5.09. The predicted octanol–water partition coefficient (Wildman–Crippen LogP) is -0.269. The predicted molar refractivity (Wildman–Crippen MR) is 55.4 cm³/mol. The molecule has 0 aromatic heterocycles. The number of ketones is 1. The first-order chi connectivity index (χ1) is 6.43. The molecule has 1 unspecified atom stereocenters. The van der Waals surface area contributed by atoms with Crippen LogP contribution in [-0.2, 0) is 14.6 Å². The largest absolute Gasteiger partial charge is 0.321 e. The molecular formula is C9H15NO3S. The number of rotatable bonds is 6. The van der Waals surface area contributed by atoms with Gasteiger partial charge in [0.25, 0.3) is 0 Å². The SMILES string of the molecule is C#CCC(N)C(=O)CCS(=O)(=O)CC. The number of carbonyl (C=O) groups excluding carboxylic acids is 1. The van der Waals surface area contributed by atoms with Gasteiger partial charge in [0.15, 0.2) is 5.78 Å². The highest BCUT2D eigenvalue weighted by molar-refractivity contribution is 7.91. The Morgan fingerprint density at radius 2 is 2.14 bits per heavy atom. The van der Waals surface area contributed by atoms with Crippen LogP contribution in [-0.4, -0.2) is 31.7 Å². The third-order valence-electron chi connectivity index (χ3n) is 1.85. The van der Waals surface area contributed by atoms with Crippen molar-refractivity contribution < 1.29 is 13.2 Å². The Morgan fingerprint density at radius 3 is 2.57 bits per heavy atom. The second-order valence-corrected chi connectivity index (χ2v) is 5.44. The minimum absolute atomic E-state index is 0.0426. The van der Waals surface area contributed by atoms with E-state index in [1.807, 2.05) is 0 Å². The van der Waals surface area contributed by atoms with E-state index in [0.717, 1.165) is 0 Å². The lowest BCUT2D eigenvalue weighted by molar-refractivity contribution is -0.119. The van der Waals surface area contributed by atoms with Gasteiger partial charge in [-0.1, -0.05) is 6.92 Å². The normalized spacial score (nSPS) is 13.2. The second-order valence-electron chi connectivity index (χ2n) is 2.97. The molecule has 0 amide bonds. The van der Waals surface area contributed by atoms with Gasteiger partial charge in [0, 0.05) is 18.6 Å². The third-order valence-corrected chi connectivity index (χ3v) is 3.56. The summed E-state index contributed by atoms with van der Waals surface area (Å²) in [5.74, 6) is 1.88. The van der Waals surface area contributed by atoms with E-state index in [1.165, 1.54) is 0 Å². The molecule has 0 saturated heterocycles.